The van der Waals surface area contributed by atoms with E-state index in [-0.39, 0.29) is 5.97 Å². The van der Waals surface area contributed by atoms with E-state index in [1.807, 2.05) is 17.7 Å². The molecule has 2 heterocycles. The first kappa shape index (κ1) is 12.2. The van der Waals surface area contributed by atoms with Crippen LogP contribution in [0, 0.1) is 6.92 Å². The topological polar surface area (TPSA) is 75.1 Å². The number of anilines is 1. The van der Waals surface area contributed by atoms with E-state index < -0.39 is 0 Å². The standard InChI is InChI=1S/C12H16N4O2/c1-9-14-3-4-16(9)5-6-18-12(17)11-7-10(13)8-15(11)2/h3-4,7-8H,5-6,13H2,1-2H3. The lowest BCUT2D eigenvalue weighted by Gasteiger charge is -2.07. The van der Waals surface area contributed by atoms with E-state index in [9.17, 15) is 4.79 Å². The maximum absolute atomic E-state index is 11.8. The molecule has 0 aliphatic carbocycles. The van der Waals surface area contributed by atoms with Crippen molar-refractivity contribution in [2.24, 2.45) is 7.05 Å². The molecule has 0 aromatic carbocycles. The van der Waals surface area contributed by atoms with Crippen LogP contribution in [0.5, 0.6) is 0 Å². The van der Waals surface area contributed by atoms with Crippen LogP contribution in [-0.2, 0) is 18.3 Å². The Balaban J connectivity index is 1.89. The van der Waals surface area contributed by atoms with Crippen molar-refractivity contribution in [1.29, 1.82) is 0 Å². The number of nitrogens with two attached hydrogens (primary N) is 1. The largest absolute Gasteiger partial charge is 0.459 e. The third-order valence-corrected chi connectivity index (χ3v) is 2.72. The number of hydrogen-bond donors (Lipinski definition) is 1. The molecular formula is C12H16N4O2. The molecule has 2 aromatic rings. The van der Waals surface area contributed by atoms with Crippen molar-refractivity contribution in [2.45, 2.75) is 13.5 Å². The van der Waals surface area contributed by atoms with Gasteiger partial charge in [0.25, 0.3) is 0 Å². The summed E-state index contributed by atoms with van der Waals surface area (Å²) in [6.45, 7) is 2.80. The number of nitrogens with zero attached hydrogens (tertiary/aromatic N) is 3. The van der Waals surface area contributed by atoms with Crippen LogP contribution in [0.4, 0.5) is 5.69 Å². The highest BCUT2D eigenvalue weighted by Crippen LogP contribution is 2.10. The van der Waals surface area contributed by atoms with Gasteiger partial charge in [0, 0.05) is 25.6 Å². The molecule has 0 aliphatic rings. The molecule has 0 radical (unpaired) electrons. The first-order chi connectivity index (χ1) is 8.58. The van der Waals surface area contributed by atoms with Crippen LogP contribution in [0.25, 0.3) is 0 Å². The Morgan fingerprint density at radius 2 is 2.33 bits per heavy atom. The van der Waals surface area contributed by atoms with Crippen LogP contribution in [0.3, 0.4) is 0 Å². The third-order valence-electron chi connectivity index (χ3n) is 2.72. The van der Waals surface area contributed by atoms with Crippen LogP contribution < -0.4 is 5.73 Å². The zero-order valence-electron chi connectivity index (χ0n) is 10.5. The van der Waals surface area contributed by atoms with Crippen molar-refractivity contribution < 1.29 is 9.53 Å². The highest BCUT2D eigenvalue weighted by atomic mass is 16.5. The minimum absolute atomic E-state index is 0.307. The lowest BCUT2D eigenvalue weighted by molar-refractivity contribution is 0.0479. The predicted octanol–water partition coefficient (Wildman–Crippen LogP) is 0.969. The highest BCUT2D eigenvalue weighted by Gasteiger charge is 2.12. The Kier molecular flexibility index (Phi) is 3.36. The fraction of sp³-hybridized carbons (Fsp3) is 0.333. The molecule has 0 spiro atoms. The van der Waals surface area contributed by atoms with Gasteiger partial charge < -0.3 is 19.6 Å². The van der Waals surface area contributed by atoms with Crippen LogP contribution in [-0.4, -0.2) is 26.7 Å². The van der Waals surface area contributed by atoms with Gasteiger partial charge in [-0.2, -0.15) is 0 Å². The highest BCUT2D eigenvalue weighted by molar-refractivity contribution is 5.89. The van der Waals surface area contributed by atoms with Crippen molar-refractivity contribution >= 4 is 11.7 Å². The molecule has 0 bridgehead atoms. The number of carbonyl (C=O) groups excluding carboxylic acids is 1. The van der Waals surface area contributed by atoms with Crippen LogP contribution in [0.15, 0.2) is 24.7 Å². The predicted molar refractivity (Wildman–Crippen MR) is 67.1 cm³/mol. The average molecular weight is 248 g/mol. The SMILES string of the molecule is Cc1nccn1CCOC(=O)c1cc(N)cn1C. The van der Waals surface area contributed by atoms with Gasteiger partial charge in [-0.1, -0.05) is 0 Å². The summed E-state index contributed by atoms with van der Waals surface area (Å²) >= 11 is 0. The Morgan fingerprint density at radius 1 is 1.56 bits per heavy atom. The molecule has 0 atom stereocenters. The maximum Gasteiger partial charge on any atom is 0.355 e. The molecule has 2 aromatic heterocycles. The lowest BCUT2D eigenvalue weighted by Crippen LogP contribution is -2.14. The van der Waals surface area contributed by atoms with Crippen molar-refractivity contribution in [1.82, 2.24) is 14.1 Å². The first-order valence-electron chi connectivity index (χ1n) is 5.64. The molecule has 0 saturated heterocycles. The normalized spacial score (nSPS) is 10.6. The zero-order chi connectivity index (χ0) is 13.1. The van der Waals surface area contributed by atoms with E-state index in [2.05, 4.69) is 4.98 Å². The van der Waals surface area contributed by atoms with Gasteiger partial charge in [0.05, 0.1) is 12.2 Å². The van der Waals surface area contributed by atoms with Gasteiger partial charge in [-0.3, -0.25) is 0 Å². The van der Waals surface area contributed by atoms with Crippen molar-refractivity contribution in [3.8, 4) is 0 Å². The Labute approximate surface area is 105 Å². The monoisotopic (exact) mass is 248 g/mol. The smallest absolute Gasteiger partial charge is 0.355 e. The number of nitrogen functional groups attached to an aromatic ring is 1. The molecular weight excluding hydrogens is 232 g/mol. The molecule has 6 nitrogen and oxygen atoms in total. The molecule has 0 aliphatic heterocycles. The maximum atomic E-state index is 11.8. The van der Waals surface area contributed by atoms with Gasteiger partial charge in [-0.25, -0.2) is 9.78 Å². The fourth-order valence-corrected chi connectivity index (χ4v) is 1.74. The molecule has 18 heavy (non-hydrogen) atoms. The zero-order valence-corrected chi connectivity index (χ0v) is 10.5. The van der Waals surface area contributed by atoms with Crippen LogP contribution in [0.1, 0.15) is 16.3 Å². The van der Waals surface area contributed by atoms with Gasteiger partial charge in [0.2, 0.25) is 0 Å². The summed E-state index contributed by atoms with van der Waals surface area (Å²) in [5, 5.41) is 0. The molecule has 0 unspecified atom stereocenters. The molecule has 0 saturated carbocycles. The number of hydrogen-bond acceptors (Lipinski definition) is 4. The summed E-state index contributed by atoms with van der Waals surface area (Å²) < 4.78 is 8.76. The van der Waals surface area contributed by atoms with Gasteiger partial charge in [0.1, 0.15) is 18.1 Å². The first-order valence-corrected chi connectivity index (χ1v) is 5.64. The summed E-state index contributed by atoms with van der Waals surface area (Å²) in [6.07, 6.45) is 5.25. The van der Waals surface area contributed by atoms with Gasteiger partial charge in [0.15, 0.2) is 0 Å². The number of rotatable bonds is 4. The molecule has 0 amide bonds. The summed E-state index contributed by atoms with van der Waals surface area (Å²) in [5.74, 6) is 0.529. The Bertz CT molecular complexity index is 556. The minimum atomic E-state index is -0.369. The van der Waals surface area contributed by atoms with Gasteiger partial charge in [-0.05, 0) is 13.0 Å². The second kappa shape index (κ2) is 4.95. The molecule has 2 N–H and O–H groups in total. The number of imidazole rings is 1. The number of esters is 1. The van der Waals surface area contributed by atoms with Crippen molar-refractivity contribution in [3.63, 3.8) is 0 Å². The molecule has 6 heteroatoms. The van der Waals surface area contributed by atoms with Crippen LogP contribution in [0.2, 0.25) is 0 Å². The van der Waals surface area contributed by atoms with E-state index in [0.717, 1.165) is 5.82 Å². The number of ether oxygens (including phenoxy) is 1. The second-order valence-corrected chi connectivity index (χ2v) is 4.07. The van der Waals surface area contributed by atoms with Crippen molar-refractivity contribution in [3.05, 3.63) is 36.2 Å². The second-order valence-electron chi connectivity index (χ2n) is 4.07. The molecule has 0 fully saturated rings. The van der Waals surface area contributed by atoms with Crippen LogP contribution >= 0.6 is 0 Å². The summed E-state index contributed by atoms with van der Waals surface area (Å²) in [5.41, 5.74) is 6.61. The fourth-order valence-electron chi connectivity index (χ4n) is 1.74. The van der Waals surface area contributed by atoms with E-state index in [0.29, 0.717) is 24.5 Å². The average Bonchev–Trinajstić information content (AvgIpc) is 2.85. The molecule has 96 valence electrons. The number of aromatic nitrogens is 3. The quantitative estimate of drug-likeness (QED) is 0.818. The number of aryl methyl sites for hydroxylation is 2. The van der Waals surface area contributed by atoms with E-state index >= 15 is 0 Å². The number of carbonyl (C=O) groups is 1. The Hall–Kier alpha value is -2.24. The van der Waals surface area contributed by atoms with Gasteiger partial charge >= 0.3 is 5.97 Å². The summed E-state index contributed by atoms with van der Waals surface area (Å²) in [4.78, 5) is 15.9. The van der Waals surface area contributed by atoms with E-state index in [1.165, 1.54) is 0 Å². The summed E-state index contributed by atoms with van der Waals surface area (Å²) in [6, 6.07) is 1.60. The van der Waals surface area contributed by atoms with E-state index in [4.69, 9.17) is 10.5 Å². The summed E-state index contributed by atoms with van der Waals surface area (Å²) in [7, 11) is 1.76. The van der Waals surface area contributed by atoms with Crippen molar-refractivity contribution in [2.75, 3.05) is 12.3 Å². The lowest BCUT2D eigenvalue weighted by atomic mass is 10.4. The van der Waals surface area contributed by atoms with E-state index in [1.54, 1.807) is 30.1 Å². The molecule has 2 rings (SSSR count). The Morgan fingerprint density at radius 3 is 2.89 bits per heavy atom. The minimum Gasteiger partial charge on any atom is -0.459 e. The third kappa shape index (κ3) is 2.53. The van der Waals surface area contributed by atoms with Gasteiger partial charge in [-0.15, -0.1) is 0 Å².